The van der Waals surface area contributed by atoms with E-state index in [0.717, 1.165) is 32.2 Å². The zero-order chi connectivity index (χ0) is 20.1. The Kier molecular flexibility index (Phi) is 4.53. The smallest absolute Gasteiger partial charge is 0.460 e. The van der Waals surface area contributed by atoms with Crippen molar-refractivity contribution in [2.75, 3.05) is 18.4 Å². The monoisotopic (exact) mass is 396 g/mol. The van der Waals surface area contributed by atoms with E-state index in [-0.39, 0.29) is 34.4 Å². The number of pyridine rings is 1. The van der Waals surface area contributed by atoms with Gasteiger partial charge in [0.1, 0.15) is 12.0 Å². The summed E-state index contributed by atoms with van der Waals surface area (Å²) in [6.07, 6.45) is -0.725. The average molecular weight is 396 g/mol. The van der Waals surface area contributed by atoms with Crippen LogP contribution in [0.5, 0.6) is 0 Å². The number of hydrogen-bond donors (Lipinski definition) is 2. The molecule has 150 valence electrons. The van der Waals surface area contributed by atoms with Crippen molar-refractivity contribution in [3.63, 3.8) is 0 Å². The Morgan fingerprint density at radius 1 is 1.29 bits per heavy atom. The average Bonchev–Trinajstić information content (AvgIpc) is 3.06. The molecule has 0 aromatic carbocycles. The lowest BCUT2D eigenvalue weighted by Gasteiger charge is -2.49. The number of carbonyl (C=O) groups is 2. The van der Waals surface area contributed by atoms with Crippen LogP contribution in [-0.2, 0) is 4.79 Å². The molecule has 3 fully saturated rings. The number of rotatable bonds is 3. The molecule has 3 saturated heterocycles. The number of hydrogen-bond acceptors (Lipinski definition) is 5. The number of alkyl halides is 3. The fraction of sp³-hybridized carbons (Fsp3) is 0.500. The highest BCUT2D eigenvalue weighted by Crippen LogP contribution is 2.32. The molecule has 3 aliphatic rings. The number of fused-ring (bicyclic) bond motifs is 4. The zero-order valence-electron chi connectivity index (χ0n) is 15.0. The largest absolute Gasteiger partial charge is 0.471 e. The lowest BCUT2D eigenvalue weighted by atomic mass is 9.79. The summed E-state index contributed by atoms with van der Waals surface area (Å²) in [7, 11) is 0. The number of nitrogens with one attached hydrogen (secondary N) is 2. The van der Waals surface area contributed by atoms with Crippen LogP contribution >= 0.6 is 0 Å². The molecule has 2 amide bonds. The molecule has 10 heteroatoms. The summed E-state index contributed by atoms with van der Waals surface area (Å²) < 4.78 is 42.6. The lowest BCUT2D eigenvalue weighted by molar-refractivity contribution is -0.167. The maximum Gasteiger partial charge on any atom is 0.471 e. The minimum absolute atomic E-state index is 0.00116. The Morgan fingerprint density at radius 3 is 2.64 bits per heavy atom. The molecule has 2 N–H and O–H groups in total. The summed E-state index contributed by atoms with van der Waals surface area (Å²) in [5.74, 6) is -2.11. The number of furan rings is 1. The molecule has 3 aliphatic heterocycles. The molecule has 0 spiro atoms. The molecule has 2 atom stereocenters. The number of carbonyl (C=O) groups excluding carboxylic acids is 2. The van der Waals surface area contributed by atoms with Crippen molar-refractivity contribution in [1.82, 2.24) is 15.2 Å². The van der Waals surface area contributed by atoms with Gasteiger partial charge in [-0.05, 0) is 44.8 Å². The molecule has 0 aliphatic carbocycles. The number of piperidine rings is 3. The number of anilines is 1. The van der Waals surface area contributed by atoms with Crippen molar-refractivity contribution in [2.24, 2.45) is 5.92 Å². The number of nitrogens with zero attached hydrogens (tertiary/aromatic N) is 2. The van der Waals surface area contributed by atoms with Crippen LogP contribution in [0.1, 0.15) is 30.3 Å². The Bertz CT molecular complexity index is 916. The van der Waals surface area contributed by atoms with Gasteiger partial charge in [0, 0.05) is 17.5 Å². The van der Waals surface area contributed by atoms with Gasteiger partial charge in [0.05, 0.1) is 11.9 Å². The molecule has 5 rings (SSSR count). The van der Waals surface area contributed by atoms with Gasteiger partial charge in [-0.2, -0.15) is 13.2 Å². The minimum Gasteiger partial charge on any atom is -0.460 e. The van der Waals surface area contributed by atoms with Crippen molar-refractivity contribution in [1.29, 1.82) is 0 Å². The van der Waals surface area contributed by atoms with Crippen molar-refractivity contribution in [2.45, 2.75) is 38.0 Å². The second-order valence-corrected chi connectivity index (χ2v) is 7.28. The van der Waals surface area contributed by atoms with Gasteiger partial charge in [-0.25, -0.2) is 4.98 Å². The number of halogens is 3. The highest BCUT2D eigenvalue weighted by molar-refractivity contribution is 6.04. The van der Waals surface area contributed by atoms with Crippen molar-refractivity contribution in [3.05, 3.63) is 24.2 Å². The minimum atomic E-state index is -5.03. The Morgan fingerprint density at radius 2 is 2.00 bits per heavy atom. The quantitative estimate of drug-likeness (QED) is 0.833. The fourth-order valence-corrected chi connectivity index (χ4v) is 4.12. The maximum atomic E-state index is 12.7. The van der Waals surface area contributed by atoms with E-state index < -0.39 is 18.0 Å². The van der Waals surface area contributed by atoms with Gasteiger partial charge < -0.3 is 15.1 Å². The summed E-state index contributed by atoms with van der Waals surface area (Å²) in [6.45, 7) is 4.13. The van der Waals surface area contributed by atoms with Crippen LogP contribution < -0.4 is 10.6 Å². The Labute approximate surface area is 158 Å². The van der Waals surface area contributed by atoms with E-state index in [1.807, 2.05) is 0 Å². The van der Waals surface area contributed by atoms with Crippen LogP contribution in [0.3, 0.4) is 0 Å². The predicted molar refractivity (Wildman–Crippen MR) is 93.7 cm³/mol. The summed E-state index contributed by atoms with van der Waals surface area (Å²) >= 11 is 0. The van der Waals surface area contributed by atoms with Crippen LogP contribution in [0.2, 0.25) is 0 Å². The molecular weight excluding hydrogens is 377 g/mol. The van der Waals surface area contributed by atoms with Crippen LogP contribution in [0.25, 0.3) is 11.0 Å². The second-order valence-electron chi connectivity index (χ2n) is 7.28. The third-order valence-electron chi connectivity index (χ3n) is 5.68. The van der Waals surface area contributed by atoms with E-state index in [4.69, 9.17) is 4.42 Å². The van der Waals surface area contributed by atoms with Gasteiger partial charge in [-0.3, -0.25) is 14.5 Å². The van der Waals surface area contributed by atoms with Gasteiger partial charge in [0.2, 0.25) is 0 Å². The van der Waals surface area contributed by atoms with Crippen LogP contribution in [0.15, 0.2) is 22.9 Å². The normalized spacial score (nSPS) is 27.0. The highest BCUT2D eigenvalue weighted by Gasteiger charge is 2.41. The molecule has 2 bridgehead atoms. The van der Waals surface area contributed by atoms with E-state index >= 15 is 0 Å². The zero-order valence-corrected chi connectivity index (χ0v) is 15.0. The SMILES string of the molecule is CC1C(NC(=O)c2cc3c(NC(=O)C(F)(F)F)coc3cn2)C2CCN1CC2. The first-order chi connectivity index (χ1) is 13.2. The first-order valence-electron chi connectivity index (χ1n) is 9.04. The molecule has 5 heterocycles. The first-order valence-corrected chi connectivity index (χ1v) is 9.04. The lowest BCUT2D eigenvalue weighted by Crippen LogP contribution is -2.62. The number of aromatic nitrogens is 1. The molecule has 28 heavy (non-hydrogen) atoms. The van der Waals surface area contributed by atoms with E-state index in [0.29, 0.717) is 5.92 Å². The molecular formula is C18H19F3N4O3. The van der Waals surface area contributed by atoms with Crippen LogP contribution in [0, 0.1) is 5.92 Å². The third kappa shape index (κ3) is 3.32. The van der Waals surface area contributed by atoms with Gasteiger partial charge in [0.15, 0.2) is 5.58 Å². The van der Waals surface area contributed by atoms with Crippen LogP contribution in [-0.4, -0.2) is 53.0 Å². The number of amides is 2. The summed E-state index contributed by atoms with van der Waals surface area (Å²) in [5.41, 5.74) is 0.0651. The topological polar surface area (TPSA) is 87.5 Å². The van der Waals surface area contributed by atoms with Gasteiger partial charge in [-0.1, -0.05) is 0 Å². The molecule has 2 aromatic rings. The highest BCUT2D eigenvalue weighted by atomic mass is 19.4. The Balaban J connectivity index is 1.55. The molecule has 2 aromatic heterocycles. The Hall–Kier alpha value is -2.62. The molecule has 0 radical (unpaired) electrons. The van der Waals surface area contributed by atoms with E-state index in [1.165, 1.54) is 12.3 Å². The van der Waals surface area contributed by atoms with E-state index in [2.05, 4.69) is 22.1 Å². The standard InChI is InChI=1S/C18H19F3N4O3/c1-9-15(10-2-4-25(9)5-3-10)24-16(26)12-6-11-13(8-28-14(11)7-22-12)23-17(27)18(19,20)21/h6-10,15H,2-5H2,1H3,(H,23,27)(H,24,26). The van der Waals surface area contributed by atoms with Gasteiger partial charge in [0.25, 0.3) is 5.91 Å². The molecule has 0 saturated carbocycles. The van der Waals surface area contributed by atoms with Crippen molar-refractivity contribution in [3.8, 4) is 0 Å². The van der Waals surface area contributed by atoms with E-state index in [1.54, 1.807) is 5.32 Å². The van der Waals surface area contributed by atoms with Gasteiger partial charge in [-0.15, -0.1) is 0 Å². The molecule has 7 nitrogen and oxygen atoms in total. The summed E-state index contributed by atoms with van der Waals surface area (Å²) in [4.78, 5) is 30.3. The predicted octanol–water partition coefficient (Wildman–Crippen LogP) is 2.54. The molecule has 2 unspecified atom stereocenters. The summed E-state index contributed by atoms with van der Waals surface area (Å²) in [5, 5.41) is 4.95. The van der Waals surface area contributed by atoms with Crippen molar-refractivity contribution < 1.29 is 27.2 Å². The maximum absolute atomic E-state index is 12.7. The fourth-order valence-electron chi connectivity index (χ4n) is 4.12. The third-order valence-corrected chi connectivity index (χ3v) is 5.68. The second kappa shape index (κ2) is 6.77. The summed E-state index contributed by atoms with van der Waals surface area (Å²) in [6, 6.07) is 1.55. The van der Waals surface area contributed by atoms with E-state index in [9.17, 15) is 22.8 Å². The van der Waals surface area contributed by atoms with Crippen molar-refractivity contribution >= 4 is 28.5 Å². The van der Waals surface area contributed by atoms with Crippen LogP contribution in [0.4, 0.5) is 18.9 Å². The first kappa shape index (κ1) is 18.7. The van der Waals surface area contributed by atoms with Gasteiger partial charge >= 0.3 is 12.1 Å².